The van der Waals surface area contributed by atoms with Gasteiger partial charge in [-0.25, -0.2) is 0 Å². The van der Waals surface area contributed by atoms with Crippen LogP contribution in [0.15, 0.2) is 312 Å². The maximum Gasteiger partial charge on any atom is 0.270 e. The second-order valence-corrected chi connectivity index (χ2v) is 35.2. The molecule has 12 aromatic rings. The molecule has 0 saturated carbocycles. The summed E-state index contributed by atoms with van der Waals surface area (Å²) in [6.45, 7) is 12.6. The van der Waals surface area contributed by atoms with Gasteiger partial charge in [-0.05, 0) is 171 Å². The van der Waals surface area contributed by atoms with Gasteiger partial charge in [0.2, 0.25) is 19.5 Å². The molecule has 125 heavy (non-hydrogen) atoms. The Morgan fingerprint density at radius 3 is 0.896 bits per heavy atom. The van der Waals surface area contributed by atoms with Crippen molar-refractivity contribution in [3.8, 4) is 17.2 Å². The number of aryl methyl sites for hydroxylation is 5. The van der Waals surface area contributed by atoms with Gasteiger partial charge < -0.3 is 33.8 Å². The summed E-state index contributed by atoms with van der Waals surface area (Å²) in [5.41, 5.74) is 34.7. The maximum absolute atomic E-state index is 14.0. The number of carbonyl (C=O) groups excluding carboxylic acids is 4. The minimum atomic E-state index is -0.950. The highest BCUT2D eigenvalue weighted by Crippen LogP contribution is 2.56. The highest BCUT2D eigenvalue weighted by Gasteiger charge is 2.59. The molecule has 0 radical (unpaired) electrons. The van der Waals surface area contributed by atoms with Gasteiger partial charge >= 0.3 is 0 Å². The van der Waals surface area contributed by atoms with Crippen LogP contribution in [0.3, 0.4) is 0 Å². The molecule has 19 nitrogen and oxygen atoms in total. The van der Waals surface area contributed by atoms with Crippen molar-refractivity contribution in [1.82, 2.24) is 21.7 Å². The molecule has 4 N–H and O–H groups in total. The first-order valence-corrected chi connectivity index (χ1v) is 43.3. The first-order valence-electron chi connectivity index (χ1n) is 40.0. The third-order valence-electron chi connectivity index (χ3n) is 22.3. The number of nitrogens with zero attached hydrogens (tertiary/aromatic N) is 8. The van der Waals surface area contributed by atoms with Gasteiger partial charge in [0, 0.05) is 44.5 Å². The quantitative estimate of drug-likeness (QED) is 0.0669. The normalized spacial score (nSPS) is 18.9. The van der Waals surface area contributed by atoms with Gasteiger partial charge in [-0.15, -0.1) is 0 Å². The zero-order valence-electron chi connectivity index (χ0n) is 68.0. The summed E-state index contributed by atoms with van der Waals surface area (Å²) in [7, 11) is 4.94. The summed E-state index contributed by atoms with van der Waals surface area (Å²) >= 11 is 5.92. The minimum Gasteiger partial charge on any atom is -0.497 e. The lowest BCUT2D eigenvalue weighted by Crippen LogP contribution is -2.44. The molecule has 4 atom stereocenters. The van der Waals surface area contributed by atoms with Gasteiger partial charge in [-0.2, -0.15) is 20.4 Å². The molecule has 8 aliphatic rings. The number of ether oxygens (including phenoxy) is 3. The molecule has 12 aromatic carbocycles. The van der Waals surface area contributed by atoms with E-state index in [1.807, 2.05) is 239 Å². The molecule has 8 heterocycles. The number of methoxy groups -OCH3 is 3. The van der Waals surface area contributed by atoms with E-state index in [1.165, 1.54) is 63.7 Å². The largest absolute Gasteiger partial charge is 0.497 e. The maximum atomic E-state index is 14.0. The standard InChI is InChI=1S/C27H27N3O2S.C24H21N3O2S.C24H21N3OS.C23H19N3O2S.4CH4/c1-4-8-21-16-24-23(15-18(21)2)27(26(31)30(24)17-19-9-6-5-7-10-19)29-28-25(33-27)20-11-13-22(32-3)14-12-20;1-16-8-13-21-20(14-16)24(23(28)27(21)15-17-6-4-3-5-7-17)26-25-22(30-24)18-9-11-19(29-2)12-10-18;1-16-8-11-19(12-9-16)22-25-26-24(29-22)20-14-17(2)10-13-21(20)27(23(24)28)15-18-6-4-3-5-7-18;1-28-18-13-11-17(12-14-18)21-24-25-23(29-21)19-9-5-6-10-20(19)26(22(23)27)15-16-7-3-2-4-8-16;;;;/h5-7,9-16,29H,4,8,17H2,1-3H3;3-14,26H,15H2,1-2H3;3-14,26H,15H2,1-2H3;2-14,25H,15H2,1H3;4*1H4. The van der Waals surface area contributed by atoms with Gasteiger partial charge in [-0.1, -0.05) is 295 Å². The number of fused-ring (bicyclic) bond motifs is 8. The van der Waals surface area contributed by atoms with E-state index in [0.29, 0.717) is 26.2 Å². The molecule has 4 amide bonds. The van der Waals surface area contributed by atoms with Crippen molar-refractivity contribution in [1.29, 1.82) is 0 Å². The topological polar surface area (TPSA) is 206 Å². The molecule has 8 aliphatic heterocycles. The van der Waals surface area contributed by atoms with E-state index in [9.17, 15) is 19.2 Å². The Bertz CT molecular complexity index is 6070. The third kappa shape index (κ3) is 17.3. The van der Waals surface area contributed by atoms with Gasteiger partial charge in [0.25, 0.3) is 23.6 Å². The number of nitrogens with one attached hydrogen (secondary N) is 4. The number of hydrazone groups is 4. The minimum absolute atomic E-state index is 0. The predicted octanol–water partition coefficient (Wildman–Crippen LogP) is 21.1. The number of amides is 4. The molecule has 0 fully saturated rings. The molecule has 20 rings (SSSR count). The molecular formula is C102H104N12O7S4. The summed E-state index contributed by atoms with van der Waals surface area (Å²) in [5.74, 6) is 2.42. The van der Waals surface area contributed by atoms with Gasteiger partial charge in [0.1, 0.15) is 37.4 Å². The monoisotopic (exact) mass is 1740 g/mol. The van der Waals surface area contributed by atoms with E-state index in [4.69, 9.17) is 14.2 Å². The molecule has 4 spiro atoms. The summed E-state index contributed by atoms with van der Waals surface area (Å²) in [6, 6.07) is 96.5. The van der Waals surface area contributed by atoms with Crippen LogP contribution in [0.5, 0.6) is 17.2 Å². The van der Waals surface area contributed by atoms with Crippen LogP contribution in [0.25, 0.3) is 0 Å². The first-order chi connectivity index (χ1) is 58.9. The Morgan fingerprint density at radius 2 is 0.576 bits per heavy atom. The van der Waals surface area contributed by atoms with Crippen LogP contribution in [0.1, 0.15) is 138 Å². The van der Waals surface area contributed by atoms with Crippen molar-refractivity contribution >= 4 is 114 Å². The number of thioether (sulfide) groups is 4. The SMILES string of the molecule is C.C.C.C.CCCc1cc2c(cc1C)C1(NN=C(c3ccc(OC)cc3)S1)C(=O)N2Cc1ccccc1.COc1ccc(C2=NNC3(S2)C(=O)N(Cc2ccccc2)c2ccc(C)cc23)cc1.COc1ccc(C2=NNC3(S2)C(=O)N(Cc2ccccc2)c2ccccc23)cc1.Cc1ccc(C2=NNC3(S2)C(=O)N(Cc2ccccc2)c2ccc(C)cc23)cc1. The van der Waals surface area contributed by atoms with E-state index in [1.54, 1.807) is 21.3 Å². The van der Waals surface area contributed by atoms with Crippen molar-refractivity contribution < 1.29 is 33.4 Å². The Hall–Kier alpha value is -12.8. The van der Waals surface area contributed by atoms with E-state index in [0.717, 1.165) is 151 Å². The zero-order chi connectivity index (χ0) is 83.6. The van der Waals surface area contributed by atoms with Crippen molar-refractivity contribution in [2.45, 2.75) is 123 Å². The number of hydrogen-bond donors (Lipinski definition) is 4. The molecular weight excluding hydrogens is 1630 g/mol. The molecule has 0 bridgehead atoms. The predicted molar refractivity (Wildman–Crippen MR) is 517 cm³/mol. The first kappa shape index (κ1) is 89.9. The summed E-state index contributed by atoms with van der Waals surface area (Å²) in [6.07, 6.45) is 2.06. The van der Waals surface area contributed by atoms with Crippen molar-refractivity contribution in [2.75, 3.05) is 40.9 Å². The van der Waals surface area contributed by atoms with E-state index < -0.39 is 19.5 Å². The summed E-state index contributed by atoms with van der Waals surface area (Å²) < 4.78 is 15.8. The Balaban J connectivity index is 0.000000142. The number of rotatable bonds is 17. The van der Waals surface area contributed by atoms with Gasteiger partial charge in [0.05, 0.1) is 70.3 Å². The van der Waals surface area contributed by atoms with Crippen LogP contribution >= 0.6 is 47.0 Å². The second kappa shape index (κ2) is 38.1. The summed E-state index contributed by atoms with van der Waals surface area (Å²) in [4.78, 5) is 58.8. The van der Waals surface area contributed by atoms with Gasteiger partial charge in [-0.3, -0.25) is 40.9 Å². The van der Waals surface area contributed by atoms with Crippen LogP contribution in [0, 0.1) is 27.7 Å². The van der Waals surface area contributed by atoms with Crippen molar-refractivity contribution in [2.24, 2.45) is 20.4 Å². The smallest absolute Gasteiger partial charge is 0.270 e. The van der Waals surface area contributed by atoms with Crippen LogP contribution < -0.4 is 55.5 Å². The second-order valence-electron chi connectivity index (χ2n) is 30.4. The number of hydrogen-bond acceptors (Lipinski definition) is 19. The molecule has 638 valence electrons. The van der Waals surface area contributed by atoms with Crippen LogP contribution in [0.4, 0.5) is 22.7 Å². The Labute approximate surface area is 750 Å². The highest BCUT2D eigenvalue weighted by molar-refractivity contribution is 8.17. The highest BCUT2D eigenvalue weighted by atomic mass is 32.2. The van der Waals surface area contributed by atoms with Crippen molar-refractivity contribution in [3.63, 3.8) is 0 Å². The Morgan fingerprint density at radius 1 is 0.304 bits per heavy atom. The molecule has 0 aliphatic carbocycles. The van der Waals surface area contributed by atoms with E-state index in [-0.39, 0.29) is 53.3 Å². The fraction of sp³-hybridized carbons (Fsp3) is 0.216. The van der Waals surface area contributed by atoms with E-state index in [2.05, 4.69) is 149 Å². The number of carbonyl (C=O) groups is 4. The molecule has 0 aromatic heterocycles. The van der Waals surface area contributed by atoms with Crippen LogP contribution in [-0.2, 0) is 71.3 Å². The number of para-hydroxylation sites is 1. The van der Waals surface area contributed by atoms with Crippen molar-refractivity contribution in [3.05, 3.63) is 386 Å². The average Bonchev–Trinajstić information content (AvgIpc) is 1.59. The van der Waals surface area contributed by atoms with Gasteiger partial charge in [0.15, 0.2) is 0 Å². The Kier molecular flexibility index (Phi) is 27.4. The lowest BCUT2D eigenvalue weighted by Gasteiger charge is -2.23. The fourth-order valence-electron chi connectivity index (χ4n) is 16.0. The lowest BCUT2D eigenvalue weighted by atomic mass is 9.98. The molecule has 4 unspecified atom stereocenters. The van der Waals surface area contributed by atoms with Crippen LogP contribution in [-0.4, -0.2) is 65.1 Å². The zero-order valence-corrected chi connectivity index (χ0v) is 71.3. The number of anilines is 4. The third-order valence-corrected chi connectivity index (χ3v) is 27.6. The molecule has 23 heteroatoms. The number of benzene rings is 12. The van der Waals surface area contributed by atoms with E-state index >= 15 is 0 Å². The fourth-order valence-corrected chi connectivity index (χ4v) is 20.8. The average molecular weight is 1740 g/mol. The molecule has 0 saturated heterocycles. The summed E-state index contributed by atoms with van der Waals surface area (Å²) in [5, 5.41) is 21.5. The lowest BCUT2D eigenvalue weighted by molar-refractivity contribution is -0.121. The van der Waals surface area contributed by atoms with Crippen LogP contribution in [0.2, 0.25) is 0 Å².